The van der Waals surface area contributed by atoms with E-state index in [9.17, 15) is 15.0 Å². The fourth-order valence-corrected chi connectivity index (χ4v) is 9.00. The van der Waals surface area contributed by atoms with Crippen LogP contribution in [0.2, 0.25) is 0 Å². The van der Waals surface area contributed by atoms with Gasteiger partial charge in [0.05, 0.1) is 18.8 Å². The molecule has 2 atom stereocenters. The van der Waals surface area contributed by atoms with Crippen molar-refractivity contribution in [3.63, 3.8) is 0 Å². The second kappa shape index (κ2) is 63.1. The van der Waals surface area contributed by atoms with Gasteiger partial charge < -0.3 is 15.5 Å². The zero-order valence-electron chi connectivity index (χ0n) is 48.1. The number of carbonyl (C=O) groups excluding carboxylic acids is 1. The molecular weight excluding hydrogens is 891 g/mol. The smallest absolute Gasteiger partial charge is 0.220 e. The normalized spacial score (nSPS) is 13.6. The molecule has 0 aromatic carbocycles. The number of aliphatic hydroxyl groups is 2. The first kappa shape index (κ1) is 69.8. The van der Waals surface area contributed by atoms with Crippen molar-refractivity contribution < 1.29 is 15.0 Å². The van der Waals surface area contributed by atoms with E-state index < -0.39 is 12.1 Å². The number of hydrogen-bond acceptors (Lipinski definition) is 3. The van der Waals surface area contributed by atoms with Gasteiger partial charge in [-0.25, -0.2) is 0 Å². The summed E-state index contributed by atoms with van der Waals surface area (Å²) in [5.41, 5.74) is 0. The summed E-state index contributed by atoms with van der Waals surface area (Å²) < 4.78 is 0. The Hall–Kier alpha value is -3.21. The molecule has 0 saturated carbocycles. The van der Waals surface area contributed by atoms with E-state index in [0.29, 0.717) is 6.42 Å². The average molecular weight is 1010 g/mol. The minimum absolute atomic E-state index is 0.0849. The molecular formula is C69H119NO3. The second-order valence-corrected chi connectivity index (χ2v) is 20.7. The van der Waals surface area contributed by atoms with Crippen molar-refractivity contribution in [3.05, 3.63) is 122 Å². The Morgan fingerprint density at radius 3 is 0.904 bits per heavy atom. The van der Waals surface area contributed by atoms with Crippen LogP contribution in [0.15, 0.2) is 122 Å². The maximum Gasteiger partial charge on any atom is 0.220 e. The van der Waals surface area contributed by atoms with Crippen LogP contribution in [0.25, 0.3) is 0 Å². The van der Waals surface area contributed by atoms with Gasteiger partial charge in [0.15, 0.2) is 0 Å². The fourth-order valence-electron chi connectivity index (χ4n) is 9.00. The predicted molar refractivity (Wildman–Crippen MR) is 326 cm³/mol. The largest absolute Gasteiger partial charge is 0.394 e. The summed E-state index contributed by atoms with van der Waals surface area (Å²) in [5.74, 6) is -0.0849. The molecule has 4 nitrogen and oxygen atoms in total. The summed E-state index contributed by atoms with van der Waals surface area (Å²) in [4.78, 5) is 12.5. The van der Waals surface area contributed by atoms with E-state index in [2.05, 4.69) is 129 Å². The van der Waals surface area contributed by atoms with Crippen molar-refractivity contribution in [2.24, 2.45) is 0 Å². The number of amides is 1. The van der Waals surface area contributed by atoms with E-state index in [-0.39, 0.29) is 12.5 Å². The molecule has 0 aromatic heterocycles. The molecule has 0 aliphatic heterocycles. The molecule has 0 aliphatic carbocycles. The highest BCUT2D eigenvalue weighted by Gasteiger charge is 2.18. The lowest BCUT2D eigenvalue weighted by Gasteiger charge is -2.20. The highest BCUT2D eigenvalue weighted by Crippen LogP contribution is 2.17. The summed E-state index contributed by atoms with van der Waals surface area (Å²) in [6.07, 6.45) is 96.6. The minimum Gasteiger partial charge on any atom is -0.394 e. The van der Waals surface area contributed by atoms with E-state index in [4.69, 9.17) is 0 Å². The first-order chi connectivity index (χ1) is 36.2. The van der Waals surface area contributed by atoms with Crippen LogP contribution in [0.5, 0.6) is 0 Å². The summed E-state index contributed by atoms with van der Waals surface area (Å²) in [6, 6.07) is -0.644. The Morgan fingerprint density at radius 1 is 0.342 bits per heavy atom. The molecule has 1 amide bonds. The molecule has 0 aromatic rings. The van der Waals surface area contributed by atoms with Gasteiger partial charge in [-0.1, -0.05) is 315 Å². The third-order valence-electron chi connectivity index (χ3n) is 13.7. The van der Waals surface area contributed by atoms with Crippen molar-refractivity contribution in [3.8, 4) is 0 Å². The van der Waals surface area contributed by atoms with Gasteiger partial charge in [-0.3, -0.25) is 4.79 Å². The number of nitrogens with one attached hydrogen (secondary N) is 1. The third-order valence-corrected chi connectivity index (χ3v) is 13.7. The molecule has 0 spiro atoms. The lowest BCUT2D eigenvalue weighted by atomic mass is 10.0. The summed E-state index contributed by atoms with van der Waals surface area (Å²) in [7, 11) is 0. The van der Waals surface area contributed by atoms with Crippen LogP contribution in [0.3, 0.4) is 0 Å². The van der Waals surface area contributed by atoms with Crippen LogP contribution in [-0.2, 0) is 4.79 Å². The molecule has 73 heavy (non-hydrogen) atoms. The van der Waals surface area contributed by atoms with Crippen molar-refractivity contribution in [2.45, 2.75) is 302 Å². The molecule has 4 heteroatoms. The van der Waals surface area contributed by atoms with E-state index in [0.717, 1.165) is 96.3 Å². The lowest BCUT2D eigenvalue weighted by molar-refractivity contribution is -0.123. The fraction of sp³-hybridized carbons (Fsp3) is 0.696. The zero-order chi connectivity index (χ0) is 52.7. The lowest BCUT2D eigenvalue weighted by Crippen LogP contribution is -2.45. The van der Waals surface area contributed by atoms with E-state index >= 15 is 0 Å². The van der Waals surface area contributed by atoms with Crippen LogP contribution in [-0.4, -0.2) is 34.9 Å². The quantitative estimate of drug-likeness (QED) is 0.0420. The molecule has 0 rings (SSSR count). The zero-order valence-corrected chi connectivity index (χ0v) is 48.1. The highest BCUT2D eigenvalue weighted by atomic mass is 16.3. The molecule has 418 valence electrons. The van der Waals surface area contributed by atoms with Gasteiger partial charge in [0, 0.05) is 6.42 Å². The number of rotatable bonds is 56. The summed E-state index contributed by atoms with van der Waals surface area (Å²) in [6.45, 7) is 4.20. The van der Waals surface area contributed by atoms with Gasteiger partial charge in [0.2, 0.25) is 5.91 Å². The average Bonchev–Trinajstić information content (AvgIpc) is 3.40. The molecule has 0 radical (unpaired) electrons. The van der Waals surface area contributed by atoms with E-state index in [1.54, 1.807) is 6.08 Å². The van der Waals surface area contributed by atoms with E-state index in [1.165, 1.54) is 173 Å². The first-order valence-electron chi connectivity index (χ1n) is 31.2. The molecule has 0 heterocycles. The number of aliphatic hydroxyl groups excluding tert-OH is 2. The number of hydrogen-bond donors (Lipinski definition) is 3. The molecule has 3 N–H and O–H groups in total. The molecule has 2 unspecified atom stereocenters. The second-order valence-electron chi connectivity index (χ2n) is 20.7. The van der Waals surface area contributed by atoms with Crippen LogP contribution in [0, 0.1) is 0 Å². The van der Waals surface area contributed by atoms with Gasteiger partial charge >= 0.3 is 0 Å². The number of allylic oxidation sites excluding steroid dienone is 19. The number of unbranched alkanes of at least 4 members (excludes halogenated alkanes) is 31. The van der Waals surface area contributed by atoms with Crippen molar-refractivity contribution >= 4 is 5.91 Å². The molecule has 0 fully saturated rings. The van der Waals surface area contributed by atoms with Crippen LogP contribution >= 0.6 is 0 Å². The SMILES string of the molecule is CC/C=C\C/C=C\C/C=C\C/C=C\C/C=C\C/C=C\C/C=C\C/C=C\C/C=C\CCCCCCCC(=O)NC(CO)C(O)/C=C/CCCCCCCCCCCCCCCCCCCCCCCCCCCC. The van der Waals surface area contributed by atoms with E-state index in [1.807, 2.05) is 6.08 Å². The molecule has 0 aliphatic rings. The number of carbonyl (C=O) groups is 1. The van der Waals surface area contributed by atoms with Gasteiger partial charge in [0.25, 0.3) is 0 Å². The summed E-state index contributed by atoms with van der Waals surface area (Å²) in [5, 5.41) is 23.2. The van der Waals surface area contributed by atoms with Crippen LogP contribution < -0.4 is 5.32 Å². The van der Waals surface area contributed by atoms with Crippen molar-refractivity contribution in [2.75, 3.05) is 6.61 Å². The van der Waals surface area contributed by atoms with Crippen molar-refractivity contribution in [1.82, 2.24) is 5.32 Å². The summed E-state index contributed by atoms with van der Waals surface area (Å²) >= 11 is 0. The maximum atomic E-state index is 12.5. The Labute approximate surface area is 454 Å². The standard InChI is InChI=1S/C69H119NO3/c1-3-5-7-9-11-13-15-17-19-21-23-25-27-29-31-33-34-35-36-37-39-41-43-45-47-49-51-53-55-57-59-61-63-65-69(73)70-67(66-71)68(72)64-62-60-58-56-54-52-50-48-46-44-42-40-38-32-30-28-26-24-22-20-18-16-14-12-10-8-6-4-2/h5,7,11,13,17,19,23,25,29,31,34-35,37,39,43,45,49,51,62,64,67-68,71-72H,3-4,6,8-10,12,14-16,18,20-22,24,26-28,30,32-33,36,38,40-42,44,46-48,50,52-61,63,65-66H2,1-2H3,(H,70,73)/b7-5-,13-11-,19-17-,25-23-,31-29-,35-34-,39-37-,45-43-,51-49-,64-62+. The Bertz CT molecular complexity index is 1420. The van der Waals surface area contributed by atoms with Gasteiger partial charge in [-0.2, -0.15) is 0 Å². The Balaban J connectivity index is 3.61. The van der Waals surface area contributed by atoms with Gasteiger partial charge in [-0.05, 0) is 89.9 Å². The topological polar surface area (TPSA) is 69.6 Å². The Kier molecular flexibility index (Phi) is 60.3. The van der Waals surface area contributed by atoms with Crippen molar-refractivity contribution in [1.29, 1.82) is 0 Å². The highest BCUT2D eigenvalue weighted by molar-refractivity contribution is 5.76. The minimum atomic E-state index is -0.858. The monoisotopic (exact) mass is 1010 g/mol. The van der Waals surface area contributed by atoms with Crippen LogP contribution in [0.4, 0.5) is 0 Å². The third kappa shape index (κ3) is 59.5. The van der Waals surface area contributed by atoms with Gasteiger partial charge in [0.1, 0.15) is 0 Å². The Morgan fingerprint density at radius 2 is 0.603 bits per heavy atom. The van der Waals surface area contributed by atoms with Gasteiger partial charge in [-0.15, -0.1) is 0 Å². The van der Waals surface area contributed by atoms with Crippen LogP contribution in [0.1, 0.15) is 290 Å². The first-order valence-corrected chi connectivity index (χ1v) is 31.2. The maximum absolute atomic E-state index is 12.5. The molecule has 0 bridgehead atoms. The molecule has 0 saturated heterocycles. The predicted octanol–water partition coefficient (Wildman–Crippen LogP) is 21.2.